The minimum absolute atomic E-state index is 0.144. The van der Waals surface area contributed by atoms with E-state index in [-0.39, 0.29) is 10.3 Å². The maximum Gasteiger partial charge on any atom is 0.335 e. The maximum atomic E-state index is 10.8. The van der Waals surface area contributed by atoms with Gasteiger partial charge in [-0.2, -0.15) is 11.8 Å². The first-order valence-corrected chi connectivity index (χ1v) is 7.19. The second-order valence-electron chi connectivity index (χ2n) is 4.32. The Morgan fingerprint density at radius 2 is 2.18 bits per heavy atom. The summed E-state index contributed by atoms with van der Waals surface area (Å²) in [5, 5.41) is 12.2. The molecule has 1 aromatic carbocycles. The standard InChI is InChI=1S/C12H16BrNO2S/c1-12(2,17-3)7-14-10-5-4-8(11(15)16)6-9(10)13/h4-6,14H,7H2,1-3H3,(H,15,16). The van der Waals surface area contributed by atoms with Crippen LogP contribution >= 0.6 is 27.7 Å². The van der Waals surface area contributed by atoms with Gasteiger partial charge in [-0.25, -0.2) is 4.79 Å². The molecule has 0 bridgehead atoms. The molecule has 0 aromatic heterocycles. The molecule has 0 spiro atoms. The molecule has 0 aliphatic rings. The molecule has 1 aromatic rings. The molecule has 0 amide bonds. The molecule has 0 saturated carbocycles. The average Bonchev–Trinajstić information content (AvgIpc) is 2.27. The number of halogens is 1. The number of thioether (sulfide) groups is 1. The minimum Gasteiger partial charge on any atom is -0.478 e. The summed E-state index contributed by atoms with van der Waals surface area (Å²) in [5.74, 6) is -0.915. The van der Waals surface area contributed by atoms with Crippen molar-refractivity contribution in [2.24, 2.45) is 0 Å². The molecule has 2 N–H and O–H groups in total. The van der Waals surface area contributed by atoms with Gasteiger partial charge in [0, 0.05) is 21.5 Å². The van der Waals surface area contributed by atoms with Gasteiger partial charge in [0.05, 0.1) is 5.56 Å². The second kappa shape index (κ2) is 5.78. The van der Waals surface area contributed by atoms with E-state index in [1.807, 2.05) is 0 Å². The van der Waals surface area contributed by atoms with Gasteiger partial charge in [0.15, 0.2) is 0 Å². The SMILES string of the molecule is CSC(C)(C)CNc1ccc(C(=O)O)cc1Br. The van der Waals surface area contributed by atoms with Gasteiger partial charge in [-0.1, -0.05) is 0 Å². The van der Waals surface area contributed by atoms with E-state index in [1.54, 1.807) is 30.0 Å². The van der Waals surface area contributed by atoms with E-state index in [2.05, 4.69) is 41.3 Å². The zero-order valence-corrected chi connectivity index (χ0v) is 12.5. The van der Waals surface area contributed by atoms with Crippen molar-refractivity contribution in [1.82, 2.24) is 0 Å². The lowest BCUT2D eigenvalue weighted by Gasteiger charge is -2.23. The molecule has 3 nitrogen and oxygen atoms in total. The highest BCUT2D eigenvalue weighted by atomic mass is 79.9. The largest absolute Gasteiger partial charge is 0.478 e. The second-order valence-corrected chi connectivity index (χ2v) is 6.68. The van der Waals surface area contributed by atoms with Crippen LogP contribution in [0.2, 0.25) is 0 Å². The van der Waals surface area contributed by atoms with Crippen LogP contribution in [0, 0.1) is 0 Å². The molecule has 0 atom stereocenters. The van der Waals surface area contributed by atoms with Gasteiger partial charge in [0.2, 0.25) is 0 Å². The highest BCUT2D eigenvalue weighted by Gasteiger charge is 2.16. The van der Waals surface area contributed by atoms with E-state index < -0.39 is 5.97 Å². The summed E-state index contributed by atoms with van der Waals surface area (Å²) in [7, 11) is 0. The number of carbonyl (C=O) groups is 1. The lowest BCUT2D eigenvalue weighted by atomic mass is 10.2. The summed E-state index contributed by atoms with van der Waals surface area (Å²) in [6, 6.07) is 4.99. The van der Waals surface area contributed by atoms with Crippen molar-refractivity contribution in [2.75, 3.05) is 18.1 Å². The quantitative estimate of drug-likeness (QED) is 0.869. The third-order valence-electron chi connectivity index (χ3n) is 2.47. The van der Waals surface area contributed by atoms with Crippen molar-refractivity contribution in [3.05, 3.63) is 28.2 Å². The van der Waals surface area contributed by atoms with E-state index in [0.29, 0.717) is 0 Å². The lowest BCUT2D eigenvalue weighted by Crippen LogP contribution is -2.25. The first-order chi connectivity index (χ1) is 7.85. The Morgan fingerprint density at radius 1 is 1.53 bits per heavy atom. The highest BCUT2D eigenvalue weighted by Crippen LogP contribution is 2.26. The summed E-state index contributed by atoms with van der Waals surface area (Å²) in [6.07, 6.45) is 2.07. The normalized spacial score (nSPS) is 11.3. The lowest BCUT2D eigenvalue weighted by molar-refractivity contribution is 0.0697. The number of rotatable bonds is 5. The van der Waals surface area contributed by atoms with Gasteiger partial charge in [0.25, 0.3) is 0 Å². The van der Waals surface area contributed by atoms with Crippen LogP contribution in [-0.4, -0.2) is 28.6 Å². The Balaban J connectivity index is 2.77. The number of hydrogen-bond donors (Lipinski definition) is 2. The van der Waals surface area contributed by atoms with Crippen LogP contribution in [0.4, 0.5) is 5.69 Å². The number of aromatic carboxylic acids is 1. The third-order valence-corrected chi connectivity index (χ3v) is 4.38. The molecule has 17 heavy (non-hydrogen) atoms. The molecule has 94 valence electrons. The fourth-order valence-electron chi connectivity index (χ4n) is 1.17. The smallest absolute Gasteiger partial charge is 0.335 e. The Morgan fingerprint density at radius 3 is 2.65 bits per heavy atom. The van der Waals surface area contributed by atoms with E-state index in [1.165, 1.54) is 0 Å². The average molecular weight is 318 g/mol. The number of anilines is 1. The molecule has 5 heteroatoms. The number of carboxylic acids is 1. The molecule has 0 fully saturated rings. The van der Waals surface area contributed by atoms with Gasteiger partial charge < -0.3 is 10.4 Å². The number of benzene rings is 1. The fraction of sp³-hybridized carbons (Fsp3) is 0.417. The minimum atomic E-state index is -0.915. The summed E-state index contributed by atoms with van der Waals surface area (Å²) in [4.78, 5) is 10.8. The molecule has 0 saturated heterocycles. The first-order valence-electron chi connectivity index (χ1n) is 5.17. The van der Waals surface area contributed by atoms with Gasteiger partial charge >= 0.3 is 5.97 Å². The molecule has 1 rings (SSSR count). The molecule has 0 aliphatic heterocycles. The molecular weight excluding hydrogens is 302 g/mol. The van der Waals surface area contributed by atoms with Crippen molar-refractivity contribution < 1.29 is 9.90 Å². The molecule has 0 heterocycles. The van der Waals surface area contributed by atoms with E-state index >= 15 is 0 Å². The van der Waals surface area contributed by atoms with Gasteiger partial charge in [-0.15, -0.1) is 0 Å². The summed E-state index contributed by atoms with van der Waals surface area (Å²) in [6.45, 7) is 5.13. The topological polar surface area (TPSA) is 49.3 Å². The van der Waals surface area contributed by atoms with Gasteiger partial charge in [0.1, 0.15) is 0 Å². The van der Waals surface area contributed by atoms with Crippen molar-refractivity contribution >= 4 is 39.3 Å². The summed E-state index contributed by atoms with van der Waals surface area (Å²) >= 11 is 5.16. The van der Waals surface area contributed by atoms with Crippen LogP contribution in [0.5, 0.6) is 0 Å². The van der Waals surface area contributed by atoms with Crippen LogP contribution in [0.1, 0.15) is 24.2 Å². The number of carboxylic acid groups (broad SMARTS) is 1. The van der Waals surface area contributed by atoms with Crippen molar-refractivity contribution in [3.8, 4) is 0 Å². The zero-order valence-electron chi connectivity index (χ0n) is 10.1. The van der Waals surface area contributed by atoms with Crippen molar-refractivity contribution in [1.29, 1.82) is 0 Å². The molecule has 0 unspecified atom stereocenters. The van der Waals surface area contributed by atoms with Crippen LogP contribution in [-0.2, 0) is 0 Å². The van der Waals surface area contributed by atoms with Crippen LogP contribution in [0.25, 0.3) is 0 Å². The van der Waals surface area contributed by atoms with Crippen molar-refractivity contribution in [3.63, 3.8) is 0 Å². The van der Waals surface area contributed by atoms with Crippen LogP contribution in [0.15, 0.2) is 22.7 Å². The fourth-order valence-corrected chi connectivity index (χ4v) is 1.91. The van der Waals surface area contributed by atoms with E-state index in [0.717, 1.165) is 16.7 Å². The Bertz CT molecular complexity index is 421. The van der Waals surface area contributed by atoms with Crippen LogP contribution < -0.4 is 5.32 Å². The molecule has 0 radical (unpaired) electrons. The Kier molecular flexibility index (Phi) is 4.89. The van der Waals surface area contributed by atoms with Crippen molar-refractivity contribution in [2.45, 2.75) is 18.6 Å². The van der Waals surface area contributed by atoms with E-state index in [9.17, 15) is 4.79 Å². The highest BCUT2D eigenvalue weighted by molar-refractivity contribution is 9.10. The van der Waals surface area contributed by atoms with Gasteiger partial charge in [-0.05, 0) is 54.2 Å². The van der Waals surface area contributed by atoms with Crippen LogP contribution in [0.3, 0.4) is 0 Å². The predicted molar refractivity (Wildman–Crippen MR) is 77.2 cm³/mol. The Hall–Kier alpha value is -0.680. The van der Waals surface area contributed by atoms with E-state index in [4.69, 9.17) is 5.11 Å². The number of hydrogen-bond acceptors (Lipinski definition) is 3. The molecular formula is C12H16BrNO2S. The summed E-state index contributed by atoms with van der Waals surface area (Å²) in [5.41, 5.74) is 1.20. The monoisotopic (exact) mass is 317 g/mol. The van der Waals surface area contributed by atoms with Gasteiger partial charge in [-0.3, -0.25) is 0 Å². The first kappa shape index (κ1) is 14.4. The summed E-state index contributed by atoms with van der Waals surface area (Å²) < 4.78 is 0.916. The predicted octanol–water partition coefficient (Wildman–Crippen LogP) is 3.70. The third kappa shape index (κ3) is 4.24. The number of nitrogens with one attached hydrogen (secondary N) is 1. The zero-order chi connectivity index (χ0) is 13.1. The Labute approximate surface area is 114 Å². The molecule has 0 aliphatic carbocycles. The maximum absolute atomic E-state index is 10.8.